The highest BCUT2D eigenvalue weighted by Gasteiger charge is 2.38. The lowest BCUT2D eigenvalue weighted by Crippen LogP contribution is -3.00. The predicted molar refractivity (Wildman–Crippen MR) is 385 cm³/mol. The molecule has 524 valence electrons. The van der Waals surface area contributed by atoms with Crippen LogP contribution in [-0.2, 0) is 86.4 Å². The number of phenols is 2. The zero-order valence-corrected chi connectivity index (χ0v) is 63.8. The fourth-order valence-corrected chi connectivity index (χ4v) is 13.4. The van der Waals surface area contributed by atoms with Crippen LogP contribution < -0.4 is 76.4 Å². The van der Waals surface area contributed by atoms with Gasteiger partial charge in [0.05, 0.1) is 61.2 Å². The van der Waals surface area contributed by atoms with E-state index < -0.39 is 23.4 Å². The Labute approximate surface area is 637 Å². The van der Waals surface area contributed by atoms with Gasteiger partial charge in [-0.2, -0.15) is 0 Å². The first-order valence-electron chi connectivity index (χ1n) is 33.5. The molecule has 0 spiro atoms. The average Bonchev–Trinajstić information content (AvgIpc) is 1.42. The average molecular weight is 1630 g/mol. The van der Waals surface area contributed by atoms with Gasteiger partial charge in [-0.25, -0.2) is 9.13 Å². The topological polar surface area (TPSA) is 203 Å². The van der Waals surface area contributed by atoms with Crippen LogP contribution in [0.15, 0.2) is 146 Å². The van der Waals surface area contributed by atoms with E-state index in [1.54, 1.807) is 46.0 Å². The number of carbonyl (C=O) groups is 4. The van der Waals surface area contributed by atoms with E-state index in [0.29, 0.717) is 92.5 Å². The molecule has 6 aromatic carbocycles. The Morgan fingerprint density at radius 3 is 1.14 bits per heavy atom. The van der Waals surface area contributed by atoms with Crippen LogP contribution in [0.4, 0.5) is 11.4 Å². The number of aryl methyl sites for hydroxylation is 4. The number of ketones is 2. The van der Waals surface area contributed by atoms with Crippen LogP contribution in [0.3, 0.4) is 0 Å². The first kappa shape index (κ1) is 74.1. The summed E-state index contributed by atoms with van der Waals surface area (Å²) in [4.78, 5) is 55.0. The second-order valence-electron chi connectivity index (χ2n) is 28.2. The molecule has 6 heterocycles. The summed E-state index contributed by atoms with van der Waals surface area (Å²) in [7, 11) is 3.97. The molecule has 0 atom stereocenters. The highest BCUT2D eigenvalue weighted by atomic mass is 127. The summed E-state index contributed by atoms with van der Waals surface area (Å²) in [6, 6.07) is 34.8. The molecule has 0 saturated carbocycles. The van der Waals surface area contributed by atoms with Crippen LogP contribution in [-0.4, -0.2) is 76.8 Å². The third kappa shape index (κ3) is 16.5. The molecule has 13 rings (SSSR count). The van der Waals surface area contributed by atoms with Crippen molar-refractivity contribution < 1.29 is 96.0 Å². The monoisotopic (exact) mass is 1630 g/mol. The Morgan fingerprint density at radius 2 is 0.804 bits per heavy atom. The maximum atomic E-state index is 13.2. The van der Waals surface area contributed by atoms with E-state index in [9.17, 15) is 29.4 Å². The summed E-state index contributed by atoms with van der Waals surface area (Å²) in [6.07, 6.45) is 22.0. The number of hydrogen-bond donors (Lipinski definition) is 2. The molecule has 0 unspecified atom stereocenters. The van der Waals surface area contributed by atoms with Crippen LogP contribution in [0.25, 0.3) is 24.3 Å². The minimum Gasteiger partial charge on any atom is -1.00 e. The number of rotatable bonds is 18. The molecule has 0 saturated heterocycles. The van der Waals surface area contributed by atoms with Crippen molar-refractivity contribution in [2.75, 3.05) is 23.0 Å². The quantitative estimate of drug-likeness (QED) is 0.0378. The largest absolute Gasteiger partial charge is 1.00 e. The molecular weight excluding hydrogens is 1550 g/mol. The predicted octanol–water partition coefficient (Wildman–Crippen LogP) is 7.25. The molecule has 18 nitrogen and oxygen atoms in total. The van der Waals surface area contributed by atoms with E-state index in [2.05, 4.69) is 159 Å². The smallest absolute Gasteiger partial charge is 0.299 e. The SMILES string of the molecule is C[n+]1ccc(/C=C/c2cc3c(O)c(c2)Cc2cc(C(C)(C)C)cc(c2OCCCn2cc(CN4C(=O)C(=O)c5cc(Cl)ccc54)nn2)Cc2cc(/C=C/c4cc[n+](C)cc4)cc(c2O)Cc2cc(C(C)(C)C)cc(c2OCCCn2cc(CN4C(=O)C(=O)c5cc(Cl)ccc54)nn2)C3)cc1.[I-].[I-]. The van der Waals surface area contributed by atoms with Crippen molar-refractivity contribution in [3.05, 3.63) is 257 Å². The van der Waals surface area contributed by atoms with Gasteiger partial charge in [0, 0.05) is 85.9 Å². The number of aromatic hydroxyl groups is 2. The summed E-state index contributed by atoms with van der Waals surface area (Å²) in [5.74, 6) is -0.968. The summed E-state index contributed by atoms with van der Waals surface area (Å²) in [5.41, 5.74) is 13.8. The molecule has 22 heteroatoms. The number of carbonyl (C=O) groups excluding carboxylic acids is 4. The lowest BCUT2D eigenvalue weighted by Gasteiger charge is -2.26. The normalized spacial score (nSPS) is 13.6. The number of Topliss-reactive ketones (excluding diaryl/α,β-unsaturated/α-hetero) is 2. The number of fused-ring (bicyclic) bond motifs is 10. The number of aromatic nitrogens is 8. The zero-order chi connectivity index (χ0) is 70.3. The lowest BCUT2D eigenvalue weighted by atomic mass is 9.81. The number of pyridine rings is 2. The Hall–Kier alpha value is -9.10. The number of benzene rings is 6. The van der Waals surface area contributed by atoms with Crippen molar-refractivity contribution in [1.29, 1.82) is 0 Å². The van der Waals surface area contributed by atoms with Crippen LogP contribution in [0.1, 0.15) is 164 Å². The first-order chi connectivity index (χ1) is 47.8. The van der Waals surface area contributed by atoms with Gasteiger partial charge in [0.1, 0.15) is 48.5 Å². The number of ether oxygens (including phenoxy) is 2. The number of halogens is 4. The number of hydrogen-bond acceptors (Lipinski definition) is 12. The highest BCUT2D eigenvalue weighted by molar-refractivity contribution is 6.53. The van der Waals surface area contributed by atoms with Crippen LogP contribution in [0.2, 0.25) is 10.0 Å². The molecule has 4 aromatic heterocycles. The second-order valence-corrected chi connectivity index (χ2v) is 29.1. The summed E-state index contributed by atoms with van der Waals surface area (Å²) < 4.78 is 21.6. The van der Waals surface area contributed by atoms with Crippen molar-refractivity contribution in [3.8, 4) is 23.0 Å². The first-order valence-corrected chi connectivity index (χ1v) is 34.3. The van der Waals surface area contributed by atoms with E-state index in [4.69, 9.17) is 32.7 Å². The Balaban J connectivity index is 0.00000523. The number of anilines is 2. The molecule has 1 aliphatic carbocycles. The Kier molecular flexibility index (Phi) is 22.4. The fourth-order valence-electron chi connectivity index (χ4n) is 13.1. The maximum absolute atomic E-state index is 13.2. The van der Waals surface area contributed by atoms with Crippen molar-refractivity contribution in [1.82, 2.24) is 30.0 Å². The number of phenolic OH excluding ortho intramolecular Hbond substituents is 2. The van der Waals surface area contributed by atoms with Gasteiger partial charge < -0.3 is 67.6 Å². The highest BCUT2D eigenvalue weighted by Crippen LogP contribution is 2.44. The van der Waals surface area contributed by atoms with Gasteiger partial charge in [-0.15, -0.1) is 10.2 Å². The minimum atomic E-state index is -0.652. The van der Waals surface area contributed by atoms with Crippen molar-refractivity contribution in [2.45, 2.75) is 117 Å². The molecule has 0 fully saturated rings. The minimum absolute atomic E-state index is 0. The summed E-state index contributed by atoms with van der Waals surface area (Å²) in [6.45, 7) is 14.5. The molecular formula is C80H78Cl2I2N10O8. The molecule has 2 aliphatic heterocycles. The van der Waals surface area contributed by atoms with Gasteiger partial charge >= 0.3 is 0 Å². The standard InChI is InChI=1S/C80H76Cl2N10O8.2HI/c1-79(2,3)61-39-57-35-53-31-51(13-11-49-19-25-87(7)26-20-49)33-55(71(53)93)37-59-41-62(80(4,5)6)42-60(76(59)100-30-10-24-90-46-66(84-86-90)48-92-70-18-16-64(82)44-68(70)74(96)78(92)98)38-56-34-52(14-12-50-21-27-88(8)28-22-50)32-54(72(56)94)36-58(40-61)75(57)99-29-9-23-89-45-65(83-85-89)47-91-69-17-15-63(81)43-67(69)73(95)77(91)97;;/h11-22,25-28,31-34,39-46H,9-10,23-24,29-30,35-38,47-48H2,1-8H3;2*1H. The molecule has 2 N–H and O–H groups in total. The van der Waals surface area contributed by atoms with Crippen LogP contribution in [0.5, 0.6) is 23.0 Å². The van der Waals surface area contributed by atoms with Gasteiger partial charge in [-0.1, -0.05) is 124 Å². The van der Waals surface area contributed by atoms with E-state index in [-0.39, 0.29) is 133 Å². The summed E-state index contributed by atoms with van der Waals surface area (Å²) in [5, 5.41) is 44.5. The third-order valence-electron chi connectivity index (χ3n) is 18.5. The lowest BCUT2D eigenvalue weighted by molar-refractivity contribution is -0.671. The van der Waals surface area contributed by atoms with Crippen LogP contribution >= 0.6 is 23.2 Å². The molecule has 8 bridgehead atoms. The van der Waals surface area contributed by atoms with E-state index in [1.165, 1.54) is 21.9 Å². The second kappa shape index (κ2) is 30.8. The van der Waals surface area contributed by atoms with Gasteiger partial charge in [0.25, 0.3) is 23.4 Å². The Bertz CT molecular complexity index is 4550. The molecule has 2 amide bonds. The number of nitrogens with zero attached hydrogens (tertiary/aromatic N) is 10. The maximum Gasteiger partial charge on any atom is 0.299 e. The van der Waals surface area contributed by atoms with E-state index in [0.717, 1.165) is 55.6 Å². The van der Waals surface area contributed by atoms with Gasteiger partial charge in [0.2, 0.25) is 0 Å². The zero-order valence-electron chi connectivity index (χ0n) is 58.0. The van der Waals surface area contributed by atoms with E-state index in [1.807, 2.05) is 48.0 Å². The number of amides is 2. The van der Waals surface area contributed by atoms with Gasteiger partial charge in [0.15, 0.2) is 24.8 Å². The van der Waals surface area contributed by atoms with Crippen molar-refractivity contribution in [2.24, 2.45) is 14.1 Å². The van der Waals surface area contributed by atoms with Gasteiger partial charge in [-0.05, 0) is 149 Å². The molecule has 3 aliphatic rings. The van der Waals surface area contributed by atoms with E-state index >= 15 is 0 Å². The molecule has 102 heavy (non-hydrogen) atoms. The fraction of sp³-hybridized carbons (Fsp3) is 0.275. The van der Waals surface area contributed by atoms with Crippen molar-refractivity contribution in [3.63, 3.8) is 0 Å². The Morgan fingerprint density at radius 1 is 0.471 bits per heavy atom. The van der Waals surface area contributed by atoms with Crippen LogP contribution in [0, 0.1) is 0 Å². The van der Waals surface area contributed by atoms with Crippen molar-refractivity contribution >= 4 is 82.3 Å². The molecule has 0 radical (unpaired) electrons. The van der Waals surface area contributed by atoms with Gasteiger partial charge in [-0.3, -0.25) is 38.3 Å². The summed E-state index contributed by atoms with van der Waals surface area (Å²) >= 11 is 12.4. The molecule has 10 aromatic rings. The third-order valence-corrected chi connectivity index (χ3v) is 19.0.